The molecule has 0 aliphatic heterocycles. The van der Waals surface area contributed by atoms with E-state index in [-0.39, 0.29) is 12.3 Å². The lowest BCUT2D eigenvalue weighted by Gasteiger charge is -1.99. The highest BCUT2D eigenvalue weighted by atomic mass is 32.1. The molecule has 1 aromatic heterocycles. The Hall–Kier alpha value is -1.24. The molecule has 0 spiro atoms. The summed E-state index contributed by atoms with van der Waals surface area (Å²) in [6.07, 6.45) is -2.45. The molecule has 0 amide bonds. The van der Waals surface area contributed by atoms with Crippen LogP contribution < -0.4 is 5.32 Å². The number of esters is 1. The molecule has 0 aliphatic rings. The minimum atomic E-state index is -2.45. The van der Waals surface area contributed by atoms with Crippen molar-refractivity contribution in [2.24, 2.45) is 0 Å². The van der Waals surface area contributed by atoms with Crippen molar-refractivity contribution in [2.45, 2.75) is 20.3 Å². The second-order valence-electron chi connectivity index (χ2n) is 2.92. The Labute approximate surface area is 95.6 Å². The number of carbonyl (C=O) groups is 1. The summed E-state index contributed by atoms with van der Waals surface area (Å²) in [4.78, 5) is 15.9. The number of carbonyl (C=O) groups excluding carboxylic acids is 1. The monoisotopic (exact) mass is 250 g/mol. The first-order chi connectivity index (χ1) is 7.54. The molecule has 0 aromatic carbocycles. The van der Waals surface area contributed by atoms with E-state index in [4.69, 9.17) is 4.74 Å². The number of hydrogen-bond donors (Lipinski definition) is 1. The van der Waals surface area contributed by atoms with Crippen LogP contribution in [0.25, 0.3) is 0 Å². The fourth-order valence-corrected chi connectivity index (χ4v) is 1.83. The van der Waals surface area contributed by atoms with Gasteiger partial charge in [-0.2, -0.15) is 0 Å². The second kappa shape index (κ2) is 5.74. The van der Waals surface area contributed by atoms with Gasteiger partial charge in [-0.3, -0.25) is 0 Å². The zero-order chi connectivity index (χ0) is 12.1. The van der Waals surface area contributed by atoms with E-state index < -0.39 is 18.9 Å². The van der Waals surface area contributed by atoms with Crippen molar-refractivity contribution in [3.05, 3.63) is 10.6 Å². The SMILES string of the molecule is CCOC(=O)c1nc(NCC(F)F)sc1C. The Morgan fingerprint density at radius 3 is 2.88 bits per heavy atom. The van der Waals surface area contributed by atoms with Gasteiger partial charge in [0.05, 0.1) is 13.2 Å². The molecular weight excluding hydrogens is 238 g/mol. The van der Waals surface area contributed by atoms with Gasteiger partial charge in [-0.1, -0.05) is 0 Å². The Balaban J connectivity index is 2.69. The van der Waals surface area contributed by atoms with Gasteiger partial charge in [0.25, 0.3) is 6.43 Å². The minimum absolute atomic E-state index is 0.184. The molecule has 7 heteroatoms. The minimum Gasteiger partial charge on any atom is -0.461 e. The first kappa shape index (κ1) is 12.8. The molecule has 0 unspecified atom stereocenters. The van der Waals surface area contributed by atoms with Crippen molar-refractivity contribution in [3.8, 4) is 0 Å². The lowest BCUT2D eigenvalue weighted by molar-refractivity contribution is 0.0519. The molecule has 0 atom stereocenters. The van der Waals surface area contributed by atoms with Crippen molar-refractivity contribution >= 4 is 22.4 Å². The van der Waals surface area contributed by atoms with Crippen LogP contribution in [0.3, 0.4) is 0 Å². The third-order valence-corrected chi connectivity index (χ3v) is 2.60. The normalized spacial score (nSPS) is 10.6. The van der Waals surface area contributed by atoms with Crippen LogP contribution in [0.5, 0.6) is 0 Å². The highest BCUT2D eigenvalue weighted by Crippen LogP contribution is 2.22. The van der Waals surface area contributed by atoms with Gasteiger partial charge in [0.2, 0.25) is 0 Å². The van der Waals surface area contributed by atoms with Gasteiger partial charge in [-0.05, 0) is 13.8 Å². The number of aryl methyl sites for hydroxylation is 1. The quantitative estimate of drug-likeness (QED) is 0.815. The van der Waals surface area contributed by atoms with Gasteiger partial charge < -0.3 is 10.1 Å². The van der Waals surface area contributed by atoms with Crippen molar-refractivity contribution in [1.82, 2.24) is 4.98 Å². The molecule has 1 heterocycles. The number of nitrogens with zero attached hydrogens (tertiary/aromatic N) is 1. The van der Waals surface area contributed by atoms with Crippen molar-refractivity contribution in [3.63, 3.8) is 0 Å². The smallest absolute Gasteiger partial charge is 0.358 e. The summed E-state index contributed by atoms with van der Waals surface area (Å²) < 4.78 is 28.6. The highest BCUT2D eigenvalue weighted by Gasteiger charge is 2.16. The molecule has 1 rings (SSSR count). The molecule has 90 valence electrons. The molecule has 4 nitrogen and oxygen atoms in total. The summed E-state index contributed by atoms with van der Waals surface area (Å²) in [5.74, 6) is -0.527. The van der Waals surface area contributed by atoms with E-state index in [1.165, 1.54) is 0 Å². The number of halogens is 2. The average Bonchev–Trinajstić information content (AvgIpc) is 2.57. The third-order valence-electron chi connectivity index (χ3n) is 1.67. The van der Waals surface area contributed by atoms with Gasteiger partial charge in [0, 0.05) is 4.88 Å². The van der Waals surface area contributed by atoms with E-state index in [0.717, 1.165) is 11.3 Å². The molecule has 0 radical (unpaired) electrons. The second-order valence-corrected chi connectivity index (χ2v) is 4.12. The van der Waals surface area contributed by atoms with Crippen molar-refractivity contribution in [1.29, 1.82) is 0 Å². The van der Waals surface area contributed by atoms with E-state index in [0.29, 0.717) is 10.0 Å². The molecule has 0 fully saturated rings. The van der Waals surface area contributed by atoms with Crippen LogP contribution >= 0.6 is 11.3 Å². The van der Waals surface area contributed by atoms with Gasteiger partial charge >= 0.3 is 5.97 Å². The zero-order valence-electron chi connectivity index (χ0n) is 8.92. The maximum Gasteiger partial charge on any atom is 0.358 e. The predicted molar refractivity (Wildman–Crippen MR) is 57.3 cm³/mol. The summed E-state index contributed by atoms with van der Waals surface area (Å²) in [7, 11) is 0. The van der Waals surface area contributed by atoms with Crippen LogP contribution in [0, 0.1) is 6.92 Å². The maximum atomic E-state index is 11.9. The summed E-state index contributed by atoms with van der Waals surface area (Å²) in [6.45, 7) is 3.16. The van der Waals surface area contributed by atoms with Gasteiger partial charge in [0.1, 0.15) is 0 Å². The summed E-state index contributed by atoms with van der Waals surface area (Å²) in [5, 5.41) is 2.76. The fourth-order valence-electron chi connectivity index (χ4n) is 1.03. The Morgan fingerprint density at radius 1 is 1.62 bits per heavy atom. The highest BCUT2D eigenvalue weighted by molar-refractivity contribution is 7.15. The molecule has 0 aliphatic carbocycles. The van der Waals surface area contributed by atoms with E-state index in [1.807, 2.05) is 0 Å². The Bertz CT molecular complexity index is 368. The fraction of sp³-hybridized carbons (Fsp3) is 0.556. The molecule has 1 aromatic rings. The molecule has 0 saturated carbocycles. The lowest BCUT2D eigenvalue weighted by atomic mass is 10.4. The first-order valence-electron chi connectivity index (χ1n) is 4.71. The zero-order valence-corrected chi connectivity index (χ0v) is 9.74. The van der Waals surface area contributed by atoms with E-state index in [9.17, 15) is 13.6 Å². The largest absolute Gasteiger partial charge is 0.461 e. The number of alkyl halides is 2. The molecule has 0 bridgehead atoms. The first-order valence-corrected chi connectivity index (χ1v) is 5.52. The molecule has 0 saturated heterocycles. The number of nitrogens with one attached hydrogen (secondary N) is 1. The van der Waals surface area contributed by atoms with Gasteiger partial charge in [0.15, 0.2) is 10.8 Å². The van der Waals surface area contributed by atoms with Crippen LogP contribution in [0.1, 0.15) is 22.3 Å². The topological polar surface area (TPSA) is 51.2 Å². The van der Waals surface area contributed by atoms with E-state index >= 15 is 0 Å². The van der Waals surface area contributed by atoms with Crippen LogP contribution in [0.2, 0.25) is 0 Å². The molecular formula is C9H12F2N2O2S. The molecule has 1 N–H and O–H groups in total. The summed E-state index contributed by atoms with van der Waals surface area (Å²) in [6, 6.07) is 0. The average molecular weight is 250 g/mol. The third kappa shape index (κ3) is 3.41. The number of hydrogen-bond acceptors (Lipinski definition) is 5. The summed E-state index contributed by atoms with van der Waals surface area (Å²) >= 11 is 1.15. The van der Waals surface area contributed by atoms with Crippen LogP contribution in [0.15, 0.2) is 0 Å². The van der Waals surface area contributed by atoms with Crippen LogP contribution in [-0.4, -0.2) is 30.5 Å². The van der Waals surface area contributed by atoms with E-state index in [1.54, 1.807) is 13.8 Å². The number of aromatic nitrogens is 1. The number of rotatable bonds is 5. The number of thiazole rings is 1. The Morgan fingerprint density at radius 2 is 2.31 bits per heavy atom. The van der Waals surface area contributed by atoms with Gasteiger partial charge in [-0.25, -0.2) is 18.6 Å². The number of ether oxygens (including phenoxy) is 1. The van der Waals surface area contributed by atoms with Crippen molar-refractivity contribution < 1.29 is 18.3 Å². The standard InChI is InChI=1S/C9H12F2N2O2S/c1-3-15-8(14)7-5(2)16-9(13-7)12-4-6(10)11/h6H,3-4H2,1-2H3,(H,12,13). The number of anilines is 1. The molecule has 16 heavy (non-hydrogen) atoms. The van der Waals surface area contributed by atoms with Crippen LogP contribution in [0.4, 0.5) is 13.9 Å². The Kier molecular flexibility index (Phi) is 4.60. The van der Waals surface area contributed by atoms with Crippen LogP contribution in [-0.2, 0) is 4.74 Å². The van der Waals surface area contributed by atoms with Gasteiger partial charge in [-0.15, -0.1) is 11.3 Å². The summed E-state index contributed by atoms with van der Waals surface area (Å²) in [5.41, 5.74) is 0.184. The van der Waals surface area contributed by atoms with Crippen molar-refractivity contribution in [2.75, 3.05) is 18.5 Å². The van der Waals surface area contributed by atoms with E-state index in [2.05, 4.69) is 10.3 Å². The predicted octanol–water partition coefficient (Wildman–Crippen LogP) is 2.31. The lowest BCUT2D eigenvalue weighted by Crippen LogP contribution is -2.11. The maximum absolute atomic E-state index is 11.9.